The first-order valence-electron chi connectivity index (χ1n) is 5.63. The Labute approximate surface area is 104 Å². The number of nitrogens with zero attached hydrogens (tertiary/aromatic N) is 1. The topological polar surface area (TPSA) is 23.5 Å². The molecule has 0 fully saturated rings. The van der Waals surface area contributed by atoms with E-state index in [1.165, 1.54) is 0 Å². The van der Waals surface area contributed by atoms with Crippen molar-refractivity contribution in [1.29, 1.82) is 0 Å². The lowest BCUT2D eigenvalue weighted by molar-refractivity contribution is -0.145. The van der Waals surface area contributed by atoms with Crippen molar-refractivity contribution < 1.29 is 18.3 Å². The first-order chi connectivity index (χ1) is 8.51. The number of aliphatic hydroxyl groups excluding tert-OH is 1. The van der Waals surface area contributed by atoms with E-state index in [4.69, 9.17) is 5.11 Å². The standard InChI is InChI=1S/C13H16F3NO/c14-13(15,16)11-17(9-10-18)8-4-7-12-5-2-1-3-6-12/h1-7,18H,8-11H2/b7-4+. The van der Waals surface area contributed by atoms with Crippen molar-refractivity contribution in [3.8, 4) is 0 Å². The predicted molar refractivity (Wildman–Crippen MR) is 65.1 cm³/mol. The van der Waals surface area contributed by atoms with Crippen LogP contribution in [0.5, 0.6) is 0 Å². The Morgan fingerprint density at radius 3 is 2.39 bits per heavy atom. The van der Waals surface area contributed by atoms with Gasteiger partial charge in [-0.25, -0.2) is 0 Å². The Bertz CT molecular complexity index is 362. The van der Waals surface area contributed by atoms with E-state index >= 15 is 0 Å². The molecular formula is C13H16F3NO. The van der Waals surface area contributed by atoms with Crippen molar-refractivity contribution in [3.63, 3.8) is 0 Å². The van der Waals surface area contributed by atoms with Gasteiger partial charge in [0.05, 0.1) is 13.2 Å². The van der Waals surface area contributed by atoms with Gasteiger partial charge in [0.1, 0.15) is 0 Å². The molecule has 1 aromatic rings. The van der Waals surface area contributed by atoms with Crippen LogP contribution in [0.2, 0.25) is 0 Å². The molecule has 2 nitrogen and oxygen atoms in total. The van der Waals surface area contributed by atoms with Crippen molar-refractivity contribution in [2.24, 2.45) is 0 Å². The fourth-order valence-corrected chi connectivity index (χ4v) is 1.53. The van der Waals surface area contributed by atoms with Crippen molar-refractivity contribution in [2.45, 2.75) is 6.18 Å². The first-order valence-corrected chi connectivity index (χ1v) is 5.63. The maximum Gasteiger partial charge on any atom is 0.401 e. The Hall–Kier alpha value is -1.33. The lowest BCUT2D eigenvalue weighted by Gasteiger charge is -2.20. The van der Waals surface area contributed by atoms with Crippen LogP contribution in [-0.2, 0) is 0 Å². The number of rotatable bonds is 6. The van der Waals surface area contributed by atoms with Crippen LogP contribution >= 0.6 is 0 Å². The monoisotopic (exact) mass is 259 g/mol. The zero-order valence-corrected chi connectivity index (χ0v) is 9.90. The van der Waals surface area contributed by atoms with Crippen LogP contribution in [0.15, 0.2) is 36.4 Å². The van der Waals surface area contributed by atoms with Crippen LogP contribution < -0.4 is 0 Å². The van der Waals surface area contributed by atoms with Crippen LogP contribution in [0.1, 0.15) is 5.56 Å². The van der Waals surface area contributed by atoms with Crippen LogP contribution in [0.4, 0.5) is 13.2 Å². The third-order valence-corrected chi connectivity index (χ3v) is 2.29. The zero-order chi connectivity index (χ0) is 13.4. The summed E-state index contributed by atoms with van der Waals surface area (Å²) in [4.78, 5) is 1.15. The number of hydrogen-bond donors (Lipinski definition) is 1. The number of halogens is 3. The Morgan fingerprint density at radius 2 is 1.83 bits per heavy atom. The average molecular weight is 259 g/mol. The molecule has 0 spiro atoms. The van der Waals surface area contributed by atoms with E-state index < -0.39 is 12.7 Å². The van der Waals surface area contributed by atoms with E-state index in [1.54, 1.807) is 12.2 Å². The summed E-state index contributed by atoms with van der Waals surface area (Å²) in [5.41, 5.74) is 0.938. The molecule has 0 bridgehead atoms. The summed E-state index contributed by atoms with van der Waals surface area (Å²) in [5, 5.41) is 8.72. The highest BCUT2D eigenvalue weighted by molar-refractivity contribution is 5.48. The second-order valence-electron chi connectivity index (χ2n) is 3.89. The Balaban J connectivity index is 2.49. The molecule has 0 aliphatic rings. The predicted octanol–water partition coefficient (Wildman–Crippen LogP) is 2.56. The van der Waals surface area contributed by atoms with Gasteiger partial charge >= 0.3 is 6.18 Å². The summed E-state index contributed by atoms with van der Waals surface area (Å²) in [5.74, 6) is 0. The SMILES string of the molecule is OCCN(C/C=C/c1ccccc1)CC(F)(F)F. The smallest absolute Gasteiger partial charge is 0.395 e. The lowest BCUT2D eigenvalue weighted by Crippen LogP contribution is -2.36. The van der Waals surface area contributed by atoms with E-state index in [0.29, 0.717) is 0 Å². The minimum absolute atomic E-state index is 0.0125. The molecule has 1 aromatic carbocycles. The third-order valence-electron chi connectivity index (χ3n) is 2.29. The molecule has 0 aliphatic carbocycles. The van der Waals surface area contributed by atoms with Gasteiger partial charge in [-0.2, -0.15) is 13.2 Å². The van der Waals surface area contributed by atoms with Crippen LogP contribution in [0.25, 0.3) is 6.08 Å². The van der Waals surface area contributed by atoms with Gasteiger partial charge in [0.25, 0.3) is 0 Å². The highest BCUT2D eigenvalue weighted by Gasteiger charge is 2.29. The van der Waals surface area contributed by atoms with Gasteiger partial charge in [0, 0.05) is 13.1 Å². The molecule has 0 aliphatic heterocycles. The highest BCUT2D eigenvalue weighted by atomic mass is 19.4. The molecular weight excluding hydrogens is 243 g/mol. The van der Waals surface area contributed by atoms with Gasteiger partial charge in [-0.3, -0.25) is 4.90 Å². The number of benzene rings is 1. The van der Waals surface area contributed by atoms with Crippen molar-refractivity contribution in [1.82, 2.24) is 4.90 Å². The first kappa shape index (κ1) is 14.7. The van der Waals surface area contributed by atoms with Gasteiger partial charge in [0.15, 0.2) is 0 Å². The van der Waals surface area contributed by atoms with Crippen LogP contribution in [0.3, 0.4) is 0 Å². The molecule has 0 radical (unpaired) electrons. The second-order valence-corrected chi connectivity index (χ2v) is 3.89. The zero-order valence-electron chi connectivity index (χ0n) is 9.90. The normalized spacial score (nSPS) is 12.5. The maximum absolute atomic E-state index is 12.2. The van der Waals surface area contributed by atoms with E-state index in [-0.39, 0.29) is 19.7 Å². The van der Waals surface area contributed by atoms with Gasteiger partial charge < -0.3 is 5.11 Å². The number of hydrogen-bond acceptors (Lipinski definition) is 2. The van der Waals surface area contributed by atoms with E-state index in [1.807, 2.05) is 30.3 Å². The quantitative estimate of drug-likeness (QED) is 0.848. The fourth-order valence-electron chi connectivity index (χ4n) is 1.53. The largest absolute Gasteiger partial charge is 0.401 e. The average Bonchev–Trinajstić information content (AvgIpc) is 2.28. The summed E-state index contributed by atoms with van der Waals surface area (Å²) in [6, 6.07) is 9.34. The molecule has 5 heteroatoms. The molecule has 1 rings (SSSR count). The minimum Gasteiger partial charge on any atom is -0.395 e. The number of alkyl halides is 3. The molecule has 100 valence electrons. The minimum atomic E-state index is -4.24. The van der Waals surface area contributed by atoms with E-state index in [0.717, 1.165) is 10.5 Å². The molecule has 0 amide bonds. The Kier molecular flexibility index (Phi) is 5.88. The molecule has 0 atom stereocenters. The highest BCUT2D eigenvalue weighted by Crippen LogP contribution is 2.16. The van der Waals surface area contributed by atoms with Gasteiger partial charge in [-0.05, 0) is 5.56 Å². The molecule has 0 aromatic heterocycles. The second kappa shape index (κ2) is 7.18. The molecule has 0 saturated carbocycles. The van der Waals surface area contributed by atoms with Crippen molar-refractivity contribution >= 4 is 6.08 Å². The van der Waals surface area contributed by atoms with Crippen LogP contribution in [-0.4, -0.2) is 42.4 Å². The lowest BCUT2D eigenvalue weighted by atomic mass is 10.2. The van der Waals surface area contributed by atoms with E-state index in [2.05, 4.69) is 0 Å². The summed E-state index contributed by atoms with van der Waals surface area (Å²) in [7, 11) is 0. The van der Waals surface area contributed by atoms with Gasteiger partial charge in [-0.1, -0.05) is 42.5 Å². The summed E-state index contributed by atoms with van der Waals surface area (Å²) >= 11 is 0. The van der Waals surface area contributed by atoms with Gasteiger partial charge in [0.2, 0.25) is 0 Å². The molecule has 0 unspecified atom stereocenters. The fraction of sp³-hybridized carbons (Fsp3) is 0.385. The number of aliphatic hydroxyl groups is 1. The molecule has 0 saturated heterocycles. The van der Waals surface area contributed by atoms with Crippen molar-refractivity contribution in [3.05, 3.63) is 42.0 Å². The Morgan fingerprint density at radius 1 is 1.17 bits per heavy atom. The molecule has 0 heterocycles. The molecule has 18 heavy (non-hydrogen) atoms. The van der Waals surface area contributed by atoms with Crippen LogP contribution in [0, 0.1) is 0 Å². The summed E-state index contributed by atoms with van der Waals surface area (Å²) < 4.78 is 36.7. The van der Waals surface area contributed by atoms with E-state index in [9.17, 15) is 13.2 Å². The third kappa shape index (κ3) is 6.42. The van der Waals surface area contributed by atoms with Crippen molar-refractivity contribution in [2.75, 3.05) is 26.2 Å². The summed E-state index contributed by atoms with van der Waals surface area (Å²) in [6.07, 6.45) is -0.812. The molecule has 1 N–H and O–H groups in total. The summed E-state index contributed by atoms with van der Waals surface area (Å²) in [6.45, 7) is -1.12. The maximum atomic E-state index is 12.2. The van der Waals surface area contributed by atoms with Gasteiger partial charge in [-0.15, -0.1) is 0 Å².